The van der Waals surface area contributed by atoms with E-state index in [2.05, 4.69) is 34.3 Å². The van der Waals surface area contributed by atoms with Crippen molar-refractivity contribution < 1.29 is 9.47 Å². The summed E-state index contributed by atoms with van der Waals surface area (Å²) in [5, 5.41) is 3.66. The second kappa shape index (κ2) is 8.23. The fraction of sp³-hybridized carbons (Fsp3) is 0.650. The normalized spacial score (nSPS) is 26.8. The summed E-state index contributed by atoms with van der Waals surface area (Å²) in [7, 11) is 1.88. The van der Waals surface area contributed by atoms with Gasteiger partial charge in [-0.1, -0.05) is 0 Å². The van der Waals surface area contributed by atoms with E-state index < -0.39 is 0 Å². The van der Waals surface area contributed by atoms with Crippen LogP contribution in [0.15, 0.2) is 17.1 Å². The molecule has 0 bridgehead atoms. The highest BCUT2D eigenvalue weighted by atomic mass is 127. The number of nitrogens with one attached hydrogen (secondary N) is 1. The van der Waals surface area contributed by atoms with Gasteiger partial charge in [0, 0.05) is 49.6 Å². The van der Waals surface area contributed by atoms with Crippen LogP contribution in [0.1, 0.15) is 50.2 Å². The Hall–Kier alpha value is -1.18. The van der Waals surface area contributed by atoms with Crippen molar-refractivity contribution in [3.8, 4) is 11.5 Å². The number of halogens is 1. The fourth-order valence-electron chi connectivity index (χ4n) is 4.12. The molecule has 6 heteroatoms. The smallest absolute Gasteiger partial charge is 0.193 e. The van der Waals surface area contributed by atoms with Crippen molar-refractivity contribution >= 4 is 29.9 Å². The number of hydrogen-bond acceptors (Lipinski definition) is 3. The second-order valence-electron chi connectivity index (χ2n) is 7.40. The van der Waals surface area contributed by atoms with E-state index in [-0.39, 0.29) is 30.1 Å². The molecule has 4 rings (SSSR count). The van der Waals surface area contributed by atoms with E-state index in [1.54, 1.807) is 0 Å². The predicted octanol–water partition coefficient (Wildman–Crippen LogP) is 3.55. The van der Waals surface area contributed by atoms with E-state index >= 15 is 0 Å². The van der Waals surface area contributed by atoms with Gasteiger partial charge in [-0.3, -0.25) is 4.99 Å². The third-order valence-corrected chi connectivity index (χ3v) is 5.45. The molecular formula is C20H30IN3O2. The predicted molar refractivity (Wildman–Crippen MR) is 115 cm³/mol. The lowest BCUT2D eigenvalue weighted by molar-refractivity contribution is 0.254. The molecule has 1 N–H and O–H groups in total. The number of aliphatic imine (C=N–C) groups is 1. The van der Waals surface area contributed by atoms with Gasteiger partial charge in [0.1, 0.15) is 17.6 Å². The molecule has 1 aromatic carbocycles. The minimum atomic E-state index is 0. The number of fused-ring (bicyclic) bond motifs is 1. The molecular weight excluding hydrogens is 441 g/mol. The van der Waals surface area contributed by atoms with Gasteiger partial charge < -0.3 is 19.7 Å². The average Bonchev–Trinajstić information content (AvgIpc) is 2.99. The van der Waals surface area contributed by atoms with E-state index in [9.17, 15) is 0 Å². The Morgan fingerprint density at radius 3 is 2.81 bits per heavy atom. The molecule has 0 amide bonds. The van der Waals surface area contributed by atoms with Crippen molar-refractivity contribution in [3.05, 3.63) is 23.3 Å². The van der Waals surface area contributed by atoms with Crippen molar-refractivity contribution in [3.63, 3.8) is 0 Å². The summed E-state index contributed by atoms with van der Waals surface area (Å²) in [5.41, 5.74) is 2.56. The van der Waals surface area contributed by atoms with Crippen LogP contribution in [-0.2, 0) is 6.42 Å². The first-order valence-corrected chi connectivity index (χ1v) is 9.64. The summed E-state index contributed by atoms with van der Waals surface area (Å²) in [6.45, 7) is 7.11. The first kappa shape index (κ1) is 19.6. The number of rotatable bonds is 4. The van der Waals surface area contributed by atoms with Gasteiger partial charge in [0.2, 0.25) is 0 Å². The van der Waals surface area contributed by atoms with Gasteiger partial charge >= 0.3 is 0 Å². The van der Waals surface area contributed by atoms with Crippen molar-refractivity contribution in [2.45, 2.75) is 57.6 Å². The van der Waals surface area contributed by atoms with Crippen molar-refractivity contribution in [2.24, 2.45) is 4.99 Å². The minimum Gasteiger partial charge on any atom is -0.494 e. The zero-order valence-electron chi connectivity index (χ0n) is 16.0. The topological polar surface area (TPSA) is 46.1 Å². The zero-order valence-corrected chi connectivity index (χ0v) is 18.3. The highest BCUT2D eigenvalue weighted by molar-refractivity contribution is 14.0. The number of guanidine groups is 1. The minimum absolute atomic E-state index is 0. The molecule has 1 saturated heterocycles. The molecule has 1 aromatic rings. The number of nitrogens with zero attached hydrogens (tertiary/aromatic N) is 2. The molecule has 0 aromatic heterocycles. The zero-order chi connectivity index (χ0) is 17.4. The van der Waals surface area contributed by atoms with E-state index in [0.29, 0.717) is 18.6 Å². The Morgan fingerprint density at radius 1 is 1.35 bits per heavy atom. The van der Waals surface area contributed by atoms with Crippen LogP contribution >= 0.6 is 24.0 Å². The molecule has 0 spiro atoms. The molecule has 3 aliphatic rings. The molecule has 2 fully saturated rings. The quantitative estimate of drug-likeness (QED) is 0.415. The second-order valence-corrected chi connectivity index (χ2v) is 7.40. The fourth-order valence-corrected chi connectivity index (χ4v) is 4.12. The summed E-state index contributed by atoms with van der Waals surface area (Å²) in [6, 6.07) is 4.85. The number of likely N-dealkylation sites (tertiary alicyclic amines) is 1. The summed E-state index contributed by atoms with van der Waals surface area (Å²) in [4.78, 5) is 6.85. The van der Waals surface area contributed by atoms with Crippen LogP contribution in [0.2, 0.25) is 0 Å². The summed E-state index contributed by atoms with van der Waals surface area (Å²) < 4.78 is 11.9. The monoisotopic (exact) mass is 471 g/mol. The number of ether oxygens (including phenoxy) is 2. The van der Waals surface area contributed by atoms with Gasteiger partial charge in [0.25, 0.3) is 0 Å². The Labute approximate surface area is 173 Å². The highest BCUT2D eigenvalue weighted by Gasteiger charge is 2.42. The molecule has 26 heavy (non-hydrogen) atoms. The van der Waals surface area contributed by atoms with Gasteiger partial charge in [-0.05, 0) is 45.2 Å². The van der Waals surface area contributed by atoms with E-state index in [1.165, 1.54) is 24.0 Å². The summed E-state index contributed by atoms with van der Waals surface area (Å²) in [6.07, 6.45) is 4.90. The van der Waals surface area contributed by atoms with Crippen LogP contribution < -0.4 is 14.8 Å². The first-order chi connectivity index (χ1) is 12.2. The largest absolute Gasteiger partial charge is 0.494 e. The SMILES string of the molecule is CCOc1cc2c(cc1C1CC1NC(=NC)N1CCCC1)OC(C)C2.I. The molecule has 3 unspecified atom stereocenters. The number of benzene rings is 1. The molecule has 3 atom stereocenters. The van der Waals surface area contributed by atoms with Crippen LogP contribution in [-0.4, -0.2) is 49.7 Å². The maximum absolute atomic E-state index is 5.97. The lowest BCUT2D eigenvalue weighted by Crippen LogP contribution is -2.41. The van der Waals surface area contributed by atoms with Gasteiger partial charge in [0.15, 0.2) is 5.96 Å². The Balaban J connectivity index is 0.00000196. The van der Waals surface area contributed by atoms with Crippen LogP contribution in [0.4, 0.5) is 0 Å². The van der Waals surface area contributed by atoms with Gasteiger partial charge in [0.05, 0.1) is 6.61 Å². The average molecular weight is 471 g/mol. The van der Waals surface area contributed by atoms with E-state index in [1.807, 2.05) is 14.0 Å². The number of hydrogen-bond donors (Lipinski definition) is 1. The summed E-state index contributed by atoms with van der Waals surface area (Å²) >= 11 is 0. The summed E-state index contributed by atoms with van der Waals surface area (Å²) in [5.74, 6) is 3.60. The highest BCUT2D eigenvalue weighted by Crippen LogP contribution is 2.48. The van der Waals surface area contributed by atoms with Gasteiger partial charge in [-0.15, -0.1) is 24.0 Å². The molecule has 144 valence electrons. The van der Waals surface area contributed by atoms with Crippen molar-refractivity contribution in [2.75, 3.05) is 26.7 Å². The van der Waals surface area contributed by atoms with Crippen molar-refractivity contribution in [1.82, 2.24) is 10.2 Å². The first-order valence-electron chi connectivity index (χ1n) is 9.64. The lowest BCUT2D eigenvalue weighted by atomic mass is 10.0. The maximum Gasteiger partial charge on any atom is 0.193 e. The third kappa shape index (κ3) is 3.89. The van der Waals surface area contributed by atoms with Gasteiger partial charge in [-0.25, -0.2) is 0 Å². The van der Waals surface area contributed by atoms with E-state index in [0.717, 1.165) is 43.4 Å². The maximum atomic E-state index is 5.97. The Bertz CT molecular complexity index is 673. The third-order valence-electron chi connectivity index (χ3n) is 5.45. The van der Waals surface area contributed by atoms with Crippen molar-refractivity contribution in [1.29, 1.82) is 0 Å². The molecule has 2 aliphatic heterocycles. The van der Waals surface area contributed by atoms with Crippen LogP contribution in [0.25, 0.3) is 0 Å². The van der Waals surface area contributed by atoms with Crippen LogP contribution in [0.3, 0.4) is 0 Å². The molecule has 5 nitrogen and oxygen atoms in total. The van der Waals surface area contributed by atoms with Gasteiger partial charge in [-0.2, -0.15) is 0 Å². The molecule has 0 radical (unpaired) electrons. The van der Waals surface area contributed by atoms with Crippen LogP contribution in [0.5, 0.6) is 11.5 Å². The molecule has 1 aliphatic carbocycles. The standard InChI is InChI=1S/C20H29N3O2.HI/c1-4-24-19-10-14-9-13(2)25-18(14)12-16(19)15-11-17(15)22-20(21-3)23-7-5-6-8-23;/h10,12-13,15,17H,4-9,11H2,1-3H3,(H,21,22);1H. The van der Waals surface area contributed by atoms with E-state index in [4.69, 9.17) is 9.47 Å². The lowest BCUT2D eigenvalue weighted by Gasteiger charge is -2.21. The Morgan fingerprint density at radius 2 is 2.12 bits per heavy atom. The molecule has 2 heterocycles. The molecule has 1 saturated carbocycles. The Kier molecular flexibility index (Phi) is 6.20. The van der Waals surface area contributed by atoms with Crippen LogP contribution in [0, 0.1) is 0 Å².